The average molecular weight is 392 g/mol. The first-order chi connectivity index (χ1) is 14.0. The minimum absolute atomic E-state index is 0.105. The SMILES string of the molecule is COc1ccccc1NC(=O)[C@@H]1CC(=O)N(c2cccc(-c3noc(C)n3)c2)C1. The fraction of sp³-hybridized carbons (Fsp3) is 0.238. The van der Waals surface area contributed by atoms with Gasteiger partial charge in [0.25, 0.3) is 0 Å². The van der Waals surface area contributed by atoms with Gasteiger partial charge in [-0.1, -0.05) is 29.4 Å². The molecule has 1 N–H and O–H groups in total. The monoisotopic (exact) mass is 392 g/mol. The minimum Gasteiger partial charge on any atom is -0.495 e. The van der Waals surface area contributed by atoms with E-state index >= 15 is 0 Å². The Bertz CT molecular complexity index is 1060. The Morgan fingerprint density at radius 3 is 2.83 bits per heavy atom. The number of carbonyl (C=O) groups excluding carboxylic acids is 2. The molecule has 4 rings (SSSR count). The van der Waals surface area contributed by atoms with E-state index in [1.165, 1.54) is 0 Å². The first-order valence-electron chi connectivity index (χ1n) is 9.20. The number of nitrogens with one attached hydrogen (secondary N) is 1. The van der Waals surface area contributed by atoms with Gasteiger partial charge in [-0.15, -0.1) is 0 Å². The Morgan fingerprint density at radius 1 is 1.24 bits per heavy atom. The lowest BCUT2D eigenvalue weighted by Gasteiger charge is -2.17. The molecule has 1 aliphatic rings. The molecule has 0 aliphatic carbocycles. The lowest BCUT2D eigenvalue weighted by atomic mass is 10.1. The van der Waals surface area contributed by atoms with Crippen LogP contribution in [-0.4, -0.2) is 35.6 Å². The van der Waals surface area contributed by atoms with Crippen LogP contribution in [0.2, 0.25) is 0 Å². The highest BCUT2D eigenvalue weighted by atomic mass is 16.5. The fourth-order valence-electron chi connectivity index (χ4n) is 3.34. The number of carbonyl (C=O) groups is 2. The summed E-state index contributed by atoms with van der Waals surface area (Å²) in [4.78, 5) is 31.1. The van der Waals surface area contributed by atoms with Crippen molar-refractivity contribution in [1.29, 1.82) is 0 Å². The fourth-order valence-corrected chi connectivity index (χ4v) is 3.34. The highest BCUT2D eigenvalue weighted by Crippen LogP contribution is 2.30. The zero-order chi connectivity index (χ0) is 20.4. The molecule has 8 nitrogen and oxygen atoms in total. The molecule has 1 fully saturated rings. The molecule has 3 aromatic rings. The second-order valence-electron chi connectivity index (χ2n) is 6.78. The summed E-state index contributed by atoms with van der Waals surface area (Å²) >= 11 is 0. The van der Waals surface area contributed by atoms with Crippen molar-refractivity contribution in [3.05, 3.63) is 54.4 Å². The molecule has 2 amide bonds. The summed E-state index contributed by atoms with van der Waals surface area (Å²) in [5.74, 6) is 0.729. The molecule has 0 spiro atoms. The van der Waals surface area contributed by atoms with Crippen molar-refractivity contribution in [1.82, 2.24) is 10.1 Å². The van der Waals surface area contributed by atoms with Gasteiger partial charge >= 0.3 is 0 Å². The van der Waals surface area contributed by atoms with E-state index in [0.29, 0.717) is 35.4 Å². The van der Waals surface area contributed by atoms with Crippen molar-refractivity contribution >= 4 is 23.2 Å². The van der Waals surface area contributed by atoms with Crippen molar-refractivity contribution in [2.24, 2.45) is 5.92 Å². The van der Waals surface area contributed by atoms with Crippen LogP contribution in [0.1, 0.15) is 12.3 Å². The number of ether oxygens (including phenoxy) is 1. The smallest absolute Gasteiger partial charge is 0.229 e. The van der Waals surface area contributed by atoms with Crippen LogP contribution in [0.15, 0.2) is 53.1 Å². The predicted molar refractivity (Wildman–Crippen MR) is 107 cm³/mol. The number of hydrogen-bond acceptors (Lipinski definition) is 6. The zero-order valence-corrected chi connectivity index (χ0v) is 16.1. The van der Waals surface area contributed by atoms with Gasteiger partial charge in [0.05, 0.1) is 18.7 Å². The molecule has 29 heavy (non-hydrogen) atoms. The highest BCUT2D eigenvalue weighted by Gasteiger charge is 2.35. The predicted octanol–water partition coefficient (Wildman–Crippen LogP) is 3.05. The number of hydrogen-bond donors (Lipinski definition) is 1. The summed E-state index contributed by atoms with van der Waals surface area (Å²) in [5.41, 5.74) is 2.02. The van der Waals surface area contributed by atoms with Crippen LogP contribution in [0.4, 0.5) is 11.4 Å². The van der Waals surface area contributed by atoms with Gasteiger partial charge in [0.15, 0.2) is 0 Å². The number of rotatable bonds is 5. The van der Waals surface area contributed by atoms with Crippen molar-refractivity contribution in [3.8, 4) is 17.1 Å². The first kappa shape index (κ1) is 18.7. The van der Waals surface area contributed by atoms with Crippen molar-refractivity contribution in [2.75, 3.05) is 23.9 Å². The third-order valence-electron chi connectivity index (χ3n) is 4.80. The number of amides is 2. The second kappa shape index (κ2) is 7.75. The van der Waals surface area contributed by atoms with Crippen LogP contribution in [-0.2, 0) is 9.59 Å². The Kier molecular flexibility index (Phi) is 4.99. The number of nitrogens with zero attached hydrogens (tertiary/aromatic N) is 3. The first-order valence-corrected chi connectivity index (χ1v) is 9.20. The Labute approximate surface area is 167 Å². The molecule has 148 valence electrons. The topological polar surface area (TPSA) is 97.6 Å². The number of aromatic nitrogens is 2. The maximum absolute atomic E-state index is 12.7. The standard InChI is InChI=1S/C21H20N4O4/c1-13-22-20(24-29-13)14-6-5-7-16(10-14)25-12-15(11-19(25)26)21(27)23-17-8-3-4-9-18(17)28-2/h3-10,15H,11-12H2,1-2H3,(H,23,27)/t15-/m1/s1. The van der Waals surface area contributed by atoms with Crippen molar-refractivity contribution in [3.63, 3.8) is 0 Å². The summed E-state index contributed by atoms with van der Waals surface area (Å²) in [6, 6.07) is 14.5. The average Bonchev–Trinajstić information content (AvgIpc) is 3.34. The van der Waals surface area contributed by atoms with Gasteiger partial charge in [0.2, 0.25) is 23.5 Å². The highest BCUT2D eigenvalue weighted by molar-refractivity contribution is 6.04. The molecule has 0 saturated carbocycles. The maximum atomic E-state index is 12.7. The summed E-state index contributed by atoms with van der Waals surface area (Å²) in [6.07, 6.45) is 0.145. The molecule has 2 aromatic carbocycles. The molecule has 1 aromatic heterocycles. The molecule has 0 bridgehead atoms. The van der Waals surface area contributed by atoms with E-state index in [2.05, 4.69) is 15.5 Å². The van der Waals surface area contributed by atoms with Gasteiger partial charge < -0.3 is 19.5 Å². The van der Waals surface area contributed by atoms with Crippen LogP contribution >= 0.6 is 0 Å². The van der Waals surface area contributed by atoms with E-state index in [1.807, 2.05) is 36.4 Å². The van der Waals surface area contributed by atoms with Crippen molar-refractivity contribution in [2.45, 2.75) is 13.3 Å². The normalized spacial score (nSPS) is 16.1. The number of benzene rings is 2. The number of para-hydroxylation sites is 2. The number of anilines is 2. The Hall–Kier alpha value is -3.68. The number of methoxy groups -OCH3 is 1. The maximum Gasteiger partial charge on any atom is 0.229 e. The molecule has 1 saturated heterocycles. The molecule has 1 atom stereocenters. The van der Waals surface area contributed by atoms with Crippen LogP contribution in [0.3, 0.4) is 0 Å². The zero-order valence-electron chi connectivity index (χ0n) is 16.1. The van der Waals surface area contributed by atoms with Crippen LogP contribution in [0, 0.1) is 12.8 Å². The van der Waals surface area contributed by atoms with Gasteiger partial charge in [-0.05, 0) is 24.3 Å². The van der Waals surface area contributed by atoms with Gasteiger partial charge in [0, 0.05) is 31.1 Å². The van der Waals surface area contributed by atoms with E-state index in [-0.39, 0.29) is 18.2 Å². The van der Waals surface area contributed by atoms with E-state index in [1.54, 1.807) is 31.1 Å². The lowest BCUT2D eigenvalue weighted by molar-refractivity contribution is -0.122. The van der Waals surface area contributed by atoms with E-state index in [0.717, 1.165) is 5.56 Å². The molecule has 8 heteroatoms. The van der Waals surface area contributed by atoms with Gasteiger partial charge in [-0.25, -0.2) is 0 Å². The van der Waals surface area contributed by atoms with Crippen LogP contribution in [0.5, 0.6) is 5.75 Å². The molecule has 2 heterocycles. The van der Waals surface area contributed by atoms with Gasteiger partial charge in [-0.2, -0.15) is 4.98 Å². The molecular formula is C21H20N4O4. The molecule has 0 unspecified atom stereocenters. The molecule has 1 aliphatic heterocycles. The minimum atomic E-state index is -0.455. The van der Waals surface area contributed by atoms with E-state index < -0.39 is 5.92 Å². The van der Waals surface area contributed by atoms with E-state index in [4.69, 9.17) is 9.26 Å². The third-order valence-corrected chi connectivity index (χ3v) is 4.80. The molecule has 0 radical (unpaired) electrons. The summed E-state index contributed by atoms with van der Waals surface area (Å²) in [7, 11) is 1.55. The van der Waals surface area contributed by atoms with E-state index in [9.17, 15) is 9.59 Å². The summed E-state index contributed by atoms with van der Waals surface area (Å²) < 4.78 is 10.3. The second-order valence-corrected chi connectivity index (χ2v) is 6.78. The quantitative estimate of drug-likeness (QED) is 0.717. The molecular weight excluding hydrogens is 372 g/mol. The van der Waals surface area contributed by atoms with Gasteiger partial charge in [-0.3, -0.25) is 9.59 Å². The third kappa shape index (κ3) is 3.82. The Morgan fingerprint density at radius 2 is 2.07 bits per heavy atom. The van der Waals surface area contributed by atoms with Crippen LogP contribution < -0.4 is 15.0 Å². The van der Waals surface area contributed by atoms with Crippen LogP contribution in [0.25, 0.3) is 11.4 Å². The largest absolute Gasteiger partial charge is 0.495 e. The summed E-state index contributed by atoms with van der Waals surface area (Å²) in [5, 5.41) is 6.77. The van der Waals surface area contributed by atoms with Crippen molar-refractivity contribution < 1.29 is 18.8 Å². The number of aryl methyl sites for hydroxylation is 1. The summed E-state index contributed by atoms with van der Waals surface area (Å²) in [6.45, 7) is 2.02. The lowest BCUT2D eigenvalue weighted by Crippen LogP contribution is -2.28. The Balaban J connectivity index is 1.50. The van der Waals surface area contributed by atoms with Gasteiger partial charge in [0.1, 0.15) is 5.75 Å².